The predicted octanol–water partition coefficient (Wildman–Crippen LogP) is 2.16. The van der Waals surface area contributed by atoms with E-state index in [2.05, 4.69) is 16.5 Å². The first-order chi connectivity index (χ1) is 10.5. The van der Waals surface area contributed by atoms with Crippen LogP contribution in [0.4, 0.5) is 0 Å². The fourth-order valence-electron chi connectivity index (χ4n) is 2.94. The molecule has 6 heteroatoms. The molecule has 1 aromatic carbocycles. The second-order valence-corrected chi connectivity index (χ2v) is 7.40. The lowest BCUT2D eigenvalue weighted by molar-refractivity contribution is 0.268. The Kier molecular flexibility index (Phi) is 5.83. The summed E-state index contributed by atoms with van der Waals surface area (Å²) in [5, 5.41) is 0. The summed E-state index contributed by atoms with van der Waals surface area (Å²) in [6.45, 7) is 8.96. The van der Waals surface area contributed by atoms with Gasteiger partial charge in [-0.25, -0.2) is 13.1 Å². The van der Waals surface area contributed by atoms with Crippen molar-refractivity contribution in [1.82, 2.24) is 9.62 Å². The third kappa shape index (κ3) is 4.00. The molecule has 1 heterocycles. The predicted molar refractivity (Wildman–Crippen MR) is 87.8 cm³/mol. The molecule has 1 aliphatic rings. The second-order valence-electron chi connectivity index (χ2n) is 5.64. The molecule has 124 valence electrons. The van der Waals surface area contributed by atoms with Crippen molar-refractivity contribution in [3.05, 3.63) is 23.8 Å². The molecule has 2 rings (SSSR count). The van der Waals surface area contributed by atoms with Crippen molar-refractivity contribution in [1.29, 1.82) is 0 Å². The van der Waals surface area contributed by atoms with E-state index in [9.17, 15) is 8.42 Å². The summed E-state index contributed by atoms with van der Waals surface area (Å²) in [6, 6.07) is 5.30. The maximum absolute atomic E-state index is 12.4. The lowest BCUT2D eigenvalue weighted by atomic mass is 10.2. The largest absolute Gasteiger partial charge is 0.494 e. The topological polar surface area (TPSA) is 58.6 Å². The van der Waals surface area contributed by atoms with Crippen LogP contribution in [0.15, 0.2) is 23.1 Å². The molecule has 0 aliphatic carbocycles. The molecule has 1 aliphatic heterocycles. The number of hydrogen-bond donors (Lipinski definition) is 1. The van der Waals surface area contributed by atoms with Crippen LogP contribution in [-0.2, 0) is 10.0 Å². The molecule has 0 saturated carbocycles. The fourth-order valence-corrected chi connectivity index (χ4v) is 4.10. The lowest BCUT2D eigenvalue weighted by Gasteiger charge is -2.22. The second kappa shape index (κ2) is 7.44. The number of sulfonamides is 1. The van der Waals surface area contributed by atoms with Crippen LogP contribution in [0.1, 0.15) is 32.3 Å². The summed E-state index contributed by atoms with van der Waals surface area (Å²) in [6.07, 6.45) is 2.20. The fraction of sp³-hybridized carbons (Fsp3) is 0.625. The Morgan fingerprint density at radius 3 is 2.77 bits per heavy atom. The van der Waals surface area contributed by atoms with Crippen molar-refractivity contribution >= 4 is 10.0 Å². The van der Waals surface area contributed by atoms with Gasteiger partial charge in [-0.2, -0.15) is 0 Å². The number of nitrogens with one attached hydrogen (secondary N) is 1. The van der Waals surface area contributed by atoms with Crippen LogP contribution in [0.3, 0.4) is 0 Å². The lowest BCUT2D eigenvalue weighted by Crippen LogP contribution is -2.40. The van der Waals surface area contributed by atoms with Gasteiger partial charge in [0.05, 0.1) is 11.5 Å². The molecule has 0 radical (unpaired) electrons. The van der Waals surface area contributed by atoms with Crippen LogP contribution in [0.25, 0.3) is 0 Å². The SMILES string of the molecule is CCOc1ccc(S(=O)(=O)NC[C@@H]2CCCN2CC)cc1C. The minimum atomic E-state index is -3.47. The zero-order valence-corrected chi connectivity index (χ0v) is 14.4. The van der Waals surface area contributed by atoms with E-state index in [0.717, 1.165) is 37.2 Å². The van der Waals surface area contributed by atoms with E-state index in [-0.39, 0.29) is 0 Å². The van der Waals surface area contributed by atoms with Gasteiger partial charge in [0.15, 0.2) is 0 Å². The van der Waals surface area contributed by atoms with Crippen LogP contribution in [0.2, 0.25) is 0 Å². The number of ether oxygens (including phenoxy) is 1. The Morgan fingerprint density at radius 2 is 2.14 bits per heavy atom. The van der Waals surface area contributed by atoms with Gasteiger partial charge in [-0.05, 0) is 63.5 Å². The zero-order chi connectivity index (χ0) is 16.2. The zero-order valence-electron chi connectivity index (χ0n) is 13.6. The highest BCUT2D eigenvalue weighted by Gasteiger charge is 2.25. The number of nitrogens with zero attached hydrogens (tertiary/aromatic N) is 1. The number of rotatable bonds is 7. The molecular weight excluding hydrogens is 300 g/mol. The van der Waals surface area contributed by atoms with Gasteiger partial charge in [-0.1, -0.05) is 6.92 Å². The smallest absolute Gasteiger partial charge is 0.240 e. The van der Waals surface area contributed by atoms with Gasteiger partial charge in [-0.15, -0.1) is 0 Å². The molecule has 1 saturated heterocycles. The Morgan fingerprint density at radius 1 is 1.36 bits per heavy atom. The van der Waals surface area contributed by atoms with Crippen LogP contribution < -0.4 is 9.46 Å². The molecule has 0 aromatic heterocycles. The number of aryl methyl sites for hydroxylation is 1. The van der Waals surface area contributed by atoms with Crippen molar-refractivity contribution in [2.75, 3.05) is 26.2 Å². The van der Waals surface area contributed by atoms with E-state index < -0.39 is 10.0 Å². The van der Waals surface area contributed by atoms with E-state index in [1.165, 1.54) is 0 Å². The summed E-state index contributed by atoms with van der Waals surface area (Å²) in [7, 11) is -3.47. The number of hydrogen-bond acceptors (Lipinski definition) is 4. The van der Waals surface area contributed by atoms with Gasteiger partial charge in [0.1, 0.15) is 5.75 Å². The molecule has 1 N–H and O–H groups in total. The number of likely N-dealkylation sites (N-methyl/N-ethyl adjacent to an activating group) is 1. The van der Waals surface area contributed by atoms with Crippen molar-refractivity contribution in [3.63, 3.8) is 0 Å². The van der Waals surface area contributed by atoms with Gasteiger partial charge in [0.25, 0.3) is 0 Å². The summed E-state index contributed by atoms with van der Waals surface area (Å²) < 4.78 is 33.1. The maximum atomic E-state index is 12.4. The molecule has 1 aromatic rings. The molecule has 0 spiro atoms. The van der Waals surface area contributed by atoms with Crippen LogP contribution in [0.5, 0.6) is 5.75 Å². The van der Waals surface area contributed by atoms with Crippen molar-refractivity contribution < 1.29 is 13.2 Å². The highest BCUT2D eigenvalue weighted by molar-refractivity contribution is 7.89. The van der Waals surface area contributed by atoms with E-state index in [1.54, 1.807) is 18.2 Å². The Labute approximate surface area is 133 Å². The van der Waals surface area contributed by atoms with E-state index in [0.29, 0.717) is 24.1 Å². The Bertz CT molecular complexity index is 601. The molecular formula is C16H26N2O3S. The van der Waals surface area contributed by atoms with Gasteiger partial charge in [0, 0.05) is 12.6 Å². The van der Waals surface area contributed by atoms with Crippen molar-refractivity contribution in [2.45, 2.75) is 44.6 Å². The third-order valence-electron chi connectivity index (χ3n) is 4.17. The molecule has 1 fully saturated rings. The highest BCUT2D eigenvalue weighted by Crippen LogP contribution is 2.22. The molecule has 0 bridgehead atoms. The maximum Gasteiger partial charge on any atom is 0.240 e. The Balaban J connectivity index is 2.05. The average molecular weight is 326 g/mol. The van der Waals surface area contributed by atoms with Gasteiger partial charge in [-0.3, -0.25) is 4.90 Å². The quantitative estimate of drug-likeness (QED) is 0.834. The average Bonchev–Trinajstić information content (AvgIpc) is 2.95. The summed E-state index contributed by atoms with van der Waals surface area (Å²) >= 11 is 0. The molecule has 0 amide bonds. The first kappa shape index (κ1) is 17.2. The molecule has 22 heavy (non-hydrogen) atoms. The van der Waals surface area contributed by atoms with E-state index >= 15 is 0 Å². The monoisotopic (exact) mass is 326 g/mol. The van der Waals surface area contributed by atoms with Crippen molar-refractivity contribution in [3.8, 4) is 5.75 Å². The minimum Gasteiger partial charge on any atom is -0.494 e. The molecule has 1 atom stereocenters. The standard InChI is InChI=1S/C16H26N2O3S/c1-4-18-10-6-7-14(18)12-17-22(19,20)15-8-9-16(21-5-2)13(3)11-15/h8-9,11,14,17H,4-7,10,12H2,1-3H3/t14-/m0/s1. The van der Waals surface area contributed by atoms with Gasteiger partial charge < -0.3 is 4.74 Å². The van der Waals surface area contributed by atoms with Gasteiger partial charge >= 0.3 is 0 Å². The Hall–Kier alpha value is -1.11. The molecule has 5 nitrogen and oxygen atoms in total. The molecule has 0 unspecified atom stereocenters. The van der Waals surface area contributed by atoms with Gasteiger partial charge in [0.2, 0.25) is 10.0 Å². The first-order valence-corrected chi connectivity index (χ1v) is 9.43. The normalized spacial score (nSPS) is 19.5. The van der Waals surface area contributed by atoms with E-state index in [4.69, 9.17) is 4.74 Å². The summed E-state index contributed by atoms with van der Waals surface area (Å²) in [4.78, 5) is 2.63. The van der Waals surface area contributed by atoms with Crippen LogP contribution >= 0.6 is 0 Å². The summed E-state index contributed by atoms with van der Waals surface area (Å²) in [5.41, 5.74) is 0.834. The first-order valence-electron chi connectivity index (χ1n) is 7.95. The minimum absolute atomic E-state index is 0.300. The number of benzene rings is 1. The summed E-state index contributed by atoms with van der Waals surface area (Å²) in [5.74, 6) is 0.731. The number of likely N-dealkylation sites (tertiary alicyclic amines) is 1. The third-order valence-corrected chi connectivity index (χ3v) is 5.59. The van der Waals surface area contributed by atoms with E-state index in [1.807, 2.05) is 13.8 Å². The van der Waals surface area contributed by atoms with Crippen molar-refractivity contribution in [2.24, 2.45) is 0 Å². The van der Waals surface area contributed by atoms with Crippen LogP contribution in [0, 0.1) is 6.92 Å². The van der Waals surface area contributed by atoms with Crippen LogP contribution in [-0.4, -0.2) is 45.6 Å². The highest BCUT2D eigenvalue weighted by atomic mass is 32.2.